The van der Waals surface area contributed by atoms with E-state index >= 15 is 0 Å². The lowest BCUT2D eigenvalue weighted by molar-refractivity contribution is 0.576. The molecule has 4 nitrogen and oxygen atoms in total. The van der Waals surface area contributed by atoms with Crippen molar-refractivity contribution in [1.29, 1.82) is 0 Å². The van der Waals surface area contributed by atoms with Crippen LogP contribution in [0, 0.1) is 0 Å². The molecule has 0 aromatic heterocycles. The first kappa shape index (κ1) is 15.1. The van der Waals surface area contributed by atoms with Gasteiger partial charge in [-0.2, -0.15) is 0 Å². The minimum absolute atomic E-state index is 0.141. The van der Waals surface area contributed by atoms with Crippen molar-refractivity contribution in [3.05, 3.63) is 35.9 Å². The molecular weight excluding hydrogens is 248 g/mol. The molecule has 0 aliphatic carbocycles. The fraction of sp³-hybridized carbons (Fsp3) is 0.538. The molecule has 0 saturated heterocycles. The molecule has 0 radical (unpaired) electrons. The second-order valence-electron chi connectivity index (χ2n) is 4.20. The van der Waals surface area contributed by atoms with Gasteiger partial charge in [-0.25, -0.2) is 13.1 Å². The van der Waals surface area contributed by atoms with Gasteiger partial charge in [-0.1, -0.05) is 37.3 Å². The molecule has 0 fully saturated rings. The molecule has 0 aliphatic heterocycles. The van der Waals surface area contributed by atoms with Crippen LogP contribution < -0.4 is 10.0 Å². The Labute approximate surface area is 110 Å². The Morgan fingerprint density at radius 3 is 2.44 bits per heavy atom. The summed E-state index contributed by atoms with van der Waals surface area (Å²) < 4.78 is 25.9. The number of hydrogen-bond donors (Lipinski definition) is 2. The lowest BCUT2D eigenvalue weighted by Crippen LogP contribution is -2.33. The van der Waals surface area contributed by atoms with Crippen LogP contribution in [-0.2, 0) is 16.4 Å². The van der Waals surface area contributed by atoms with Crippen molar-refractivity contribution in [1.82, 2.24) is 10.0 Å². The average molecular weight is 270 g/mol. The topological polar surface area (TPSA) is 58.2 Å². The van der Waals surface area contributed by atoms with Gasteiger partial charge in [0.1, 0.15) is 0 Å². The molecule has 0 unspecified atom stereocenters. The van der Waals surface area contributed by atoms with Crippen LogP contribution in [0.1, 0.15) is 18.9 Å². The van der Waals surface area contributed by atoms with Crippen LogP contribution in [0.5, 0.6) is 0 Å². The monoisotopic (exact) mass is 270 g/mol. The van der Waals surface area contributed by atoms with Gasteiger partial charge in [-0.3, -0.25) is 0 Å². The van der Waals surface area contributed by atoms with Gasteiger partial charge in [-0.05, 0) is 24.9 Å². The first-order valence-corrected chi connectivity index (χ1v) is 8.01. The van der Waals surface area contributed by atoms with E-state index in [4.69, 9.17) is 0 Å². The Bertz CT molecular complexity index is 418. The van der Waals surface area contributed by atoms with Crippen molar-refractivity contribution in [2.75, 3.05) is 25.4 Å². The van der Waals surface area contributed by atoms with Crippen LogP contribution in [0.15, 0.2) is 30.3 Å². The van der Waals surface area contributed by atoms with E-state index in [1.165, 1.54) is 0 Å². The predicted octanol–water partition coefficient (Wildman–Crippen LogP) is 1.15. The van der Waals surface area contributed by atoms with Gasteiger partial charge in [0.2, 0.25) is 10.0 Å². The Morgan fingerprint density at radius 2 is 1.78 bits per heavy atom. The van der Waals surface area contributed by atoms with Gasteiger partial charge in [0.25, 0.3) is 0 Å². The van der Waals surface area contributed by atoms with Crippen LogP contribution in [0.4, 0.5) is 0 Å². The van der Waals surface area contributed by atoms with Gasteiger partial charge in [0.05, 0.1) is 5.75 Å². The molecule has 0 amide bonds. The SMILES string of the molecule is CCCNCCS(=O)(=O)NCCc1ccccc1. The number of hydrogen-bond acceptors (Lipinski definition) is 3. The molecule has 1 aromatic carbocycles. The van der Waals surface area contributed by atoms with Crippen molar-refractivity contribution in [2.24, 2.45) is 0 Å². The van der Waals surface area contributed by atoms with Gasteiger partial charge >= 0.3 is 0 Å². The van der Waals surface area contributed by atoms with E-state index in [-0.39, 0.29) is 5.75 Å². The van der Waals surface area contributed by atoms with Crippen LogP contribution in [-0.4, -0.2) is 33.8 Å². The second kappa shape index (κ2) is 8.24. The van der Waals surface area contributed by atoms with E-state index in [1.807, 2.05) is 30.3 Å². The predicted molar refractivity (Wildman–Crippen MR) is 75.1 cm³/mol. The Hall–Kier alpha value is -0.910. The lowest BCUT2D eigenvalue weighted by atomic mass is 10.2. The fourth-order valence-electron chi connectivity index (χ4n) is 1.58. The minimum Gasteiger partial charge on any atom is -0.316 e. The highest BCUT2D eigenvalue weighted by Crippen LogP contribution is 1.98. The molecule has 0 heterocycles. The van der Waals surface area contributed by atoms with E-state index in [2.05, 4.69) is 17.0 Å². The van der Waals surface area contributed by atoms with E-state index in [0.29, 0.717) is 13.1 Å². The quantitative estimate of drug-likeness (QED) is 0.662. The van der Waals surface area contributed by atoms with Crippen molar-refractivity contribution < 1.29 is 8.42 Å². The van der Waals surface area contributed by atoms with E-state index < -0.39 is 10.0 Å². The van der Waals surface area contributed by atoms with E-state index in [0.717, 1.165) is 24.9 Å². The molecule has 1 aromatic rings. The van der Waals surface area contributed by atoms with Crippen molar-refractivity contribution >= 4 is 10.0 Å². The molecule has 102 valence electrons. The zero-order valence-corrected chi connectivity index (χ0v) is 11.7. The molecule has 0 spiro atoms. The van der Waals surface area contributed by atoms with Gasteiger partial charge in [0.15, 0.2) is 0 Å². The van der Waals surface area contributed by atoms with Gasteiger partial charge in [-0.15, -0.1) is 0 Å². The molecule has 0 atom stereocenters. The standard InChI is InChI=1S/C13H22N2O2S/c1-2-9-14-11-12-18(16,17)15-10-8-13-6-4-3-5-7-13/h3-7,14-15H,2,8-12H2,1H3. The van der Waals surface area contributed by atoms with Crippen LogP contribution in [0.25, 0.3) is 0 Å². The molecule has 0 aliphatic rings. The zero-order chi connectivity index (χ0) is 13.3. The number of benzene rings is 1. The Kier molecular flexibility index (Phi) is 6.93. The number of sulfonamides is 1. The normalized spacial score (nSPS) is 11.6. The first-order chi connectivity index (χ1) is 8.64. The zero-order valence-electron chi connectivity index (χ0n) is 10.9. The third-order valence-corrected chi connectivity index (χ3v) is 3.94. The lowest BCUT2D eigenvalue weighted by Gasteiger charge is -2.07. The summed E-state index contributed by atoms with van der Waals surface area (Å²) in [6, 6.07) is 9.86. The van der Waals surface area contributed by atoms with Crippen molar-refractivity contribution in [3.8, 4) is 0 Å². The average Bonchev–Trinajstić information content (AvgIpc) is 2.36. The molecule has 18 heavy (non-hydrogen) atoms. The third kappa shape index (κ3) is 6.74. The second-order valence-corrected chi connectivity index (χ2v) is 6.13. The van der Waals surface area contributed by atoms with E-state index in [1.54, 1.807) is 0 Å². The fourth-order valence-corrected chi connectivity index (χ4v) is 2.55. The molecule has 1 rings (SSSR count). The highest BCUT2D eigenvalue weighted by Gasteiger charge is 2.08. The van der Waals surface area contributed by atoms with Crippen LogP contribution >= 0.6 is 0 Å². The number of nitrogens with one attached hydrogen (secondary N) is 2. The summed E-state index contributed by atoms with van der Waals surface area (Å²) >= 11 is 0. The summed E-state index contributed by atoms with van der Waals surface area (Å²) in [6.07, 6.45) is 1.74. The summed E-state index contributed by atoms with van der Waals surface area (Å²) in [4.78, 5) is 0. The minimum atomic E-state index is -3.14. The Balaban J connectivity index is 2.21. The smallest absolute Gasteiger partial charge is 0.212 e. The van der Waals surface area contributed by atoms with E-state index in [9.17, 15) is 8.42 Å². The number of rotatable bonds is 9. The van der Waals surface area contributed by atoms with Crippen LogP contribution in [0.2, 0.25) is 0 Å². The molecular formula is C13H22N2O2S. The Morgan fingerprint density at radius 1 is 1.06 bits per heavy atom. The molecule has 0 bridgehead atoms. The highest BCUT2D eigenvalue weighted by atomic mass is 32.2. The molecule has 0 saturated carbocycles. The molecule has 2 N–H and O–H groups in total. The summed E-state index contributed by atoms with van der Waals surface area (Å²) in [7, 11) is -3.14. The summed E-state index contributed by atoms with van der Waals surface area (Å²) in [6.45, 7) is 3.88. The third-order valence-electron chi connectivity index (χ3n) is 2.55. The van der Waals surface area contributed by atoms with Gasteiger partial charge < -0.3 is 5.32 Å². The maximum absolute atomic E-state index is 11.6. The summed E-state index contributed by atoms with van der Waals surface area (Å²) in [5, 5.41) is 3.08. The van der Waals surface area contributed by atoms with Gasteiger partial charge in [0, 0.05) is 13.1 Å². The largest absolute Gasteiger partial charge is 0.316 e. The molecule has 5 heteroatoms. The van der Waals surface area contributed by atoms with Crippen LogP contribution in [0.3, 0.4) is 0 Å². The summed E-state index contributed by atoms with van der Waals surface area (Å²) in [5.74, 6) is 0.141. The van der Waals surface area contributed by atoms with Crippen molar-refractivity contribution in [2.45, 2.75) is 19.8 Å². The first-order valence-electron chi connectivity index (χ1n) is 6.36. The summed E-state index contributed by atoms with van der Waals surface area (Å²) in [5.41, 5.74) is 1.14. The highest BCUT2D eigenvalue weighted by molar-refractivity contribution is 7.89. The maximum Gasteiger partial charge on any atom is 0.212 e. The maximum atomic E-state index is 11.6. The van der Waals surface area contributed by atoms with Crippen molar-refractivity contribution in [3.63, 3.8) is 0 Å².